The molecule has 0 aliphatic carbocycles. The lowest BCUT2D eigenvalue weighted by atomic mass is 10.2. The lowest BCUT2D eigenvalue weighted by molar-refractivity contribution is -0.159. The molecule has 1 fully saturated rings. The highest BCUT2D eigenvalue weighted by atomic mass is 32.2. The van der Waals surface area contributed by atoms with Crippen LogP contribution in [0.1, 0.15) is 5.56 Å². The number of carboxylic acids is 2. The first kappa shape index (κ1) is 23.3. The van der Waals surface area contributed by atoms with Crippen molar-refractivity contribution in [3.05, 3.63) is 54.4 Å². The maximum absolute atomic E-state index is 12.7. The van der Waals surface area contributed by atoms with Gasteiger partial charge in [-0.2, -0.15) is 4.31 Å². The normalized spacial score (nSPS) is 15.0. The van der Waals surface area contributed by atoms with E-state index in [0.29, 0.717) is 36.8 Å². The predicted molar refractivity (Wildman–Crippen MR) is 107 cm³/mol. The molecule has 1 aliphatic heterocycles. The number of methoxy groups -OCH3 is 1. The van der Waals surface area contributed by atoms with Crippen LogP contribution in [0.2, 0.25) is 0 Å². The van der Waals surface area contributed by atoms with Gasteiger partial charge in [0.15, 0.2) is 0 Å². The van der Waals surface area contributed by atoms with Gasteiger partial charge in [-0.15, -0.1) is 0 Å². The van der Waals surface area contributed by atoms with Crippen molar-refractivity contribution in [2.24, 2.45) is 0 Å². The van der Waals surface area contributed by atoms with Crippen molar-refractivity contribution in [3.8, 4) is 5.75 Å². The first-order valence-corrected chi connectivity index (χ1v) is 10.4. The Labute approximate surface area is 174 Å². The third-order valence-corrected chi connectivity index (χ3v) is 6.25. The van der Waals surface area contributed by atoms with Crippen molar-refractivity contribution in [3.63, 3.8) is 0 Å². The first-order chi connectivity index (χ1) is 14.2. The highest BCUT2D eigenvalue weighted by molar-refractivity contribution is 7.89. The van der Waals surface area contributed by atoms with Gasteiger partial charge in [-0.05, 0) is 35.9 Å². The van der Waals surface area contributed by atoms with Crippen LogP contribution in [0.15, 0.2) is 53.7 Å². The summed E-state index contributed by atoms with van der Waals surface area (Å²) in [5.41, 5.74) is 1.14. The molecule has 162 valence electrons. The average molecular weight is 437 g/mol. The quantitative estimate of drug-likeness (QED) is 0.649. The zero-order chi connectivity index (χ0) is 22.1. The zero-order valence-corrected chi connectivity index (χ0v) is 17.2. The van der Waals surface area contributed by atoms with Crippen molar-refractivity contribution in [2.75, 3.05) is 33.3 Å². The number of sulfonamides is 1. The van der Waals surface area contributed by atoms with Crippen LogP contribution >= 0.6 is 0 Å². The number of benzene rings is 1. The third-order valence-electron chi connectivity index (χ3n) is 4.34. The second-order valence-corrected chi connectivity index (χ2v) is 8.27. The van der Waals surface area contributed by atoms with E-state index in [0.717, 1.165) is 12.1 Å². The Morgan fingerprint density at radius 2 is 1.63 bits per heavy atom. The van der Waals surface area contributed by atoms with E-state index >= 15 is 0 Å². The molecular formula is C19H23N3O7S. The van der Waals surface area contributed by atoms with E-state index in [4.69, 9.17) is 24.5 Å². The number of carbonyl (C=O) groups is 2. The van der Waals surface area contributed by atoms with Gasteiger partial charge in [0.2, 0.25) is 10.0 Å². The molecule has 0 saturated carbocycles. The second-order valence-electron chi connectivity index (χ2n) is 6.33. The lowest BCUT2D eigenvalue weighted by Crippen LogP contribution is -2.48. The van der Waals surface area contributed by atoms with Gasteiger partial charge in [-0.1, -0.05) is 6.07 Å². The van der Waals surface area contributed by atoms with Gasteiger partial charge in [0.1, 0.15) is 5.75 Å². The van der Waals surface area contributed by atoms with Crippen LogP contribution < -0.4 is 4.74 Å². The summed E-state index contributed by atoms with van der Waals surface area (Å²) < 4.78 is 32.0. The maximum atomic E-state index is 12.7. The zero-order valence-electron chi connectivity index (χ0n) is 16.3. The summed E-state index contributed by atoms with van der Waals surface area (Å²) in [4.78, 5) is 24.9. The lowest BCUT2D eigenvalue weighted by Gasteiger charge is -2.33. The van der Waals surface area contributed by atoms with Gasteiger partial charge in [0, 0.05) is 45.1 Å². The number of carboxylic acid groups (broad SMARTS) is 2. The molecule has 3 rings (SSSR count). The summed E-state index contributed by atoms with van der Waals surface area (Å²) in [5, 5.41) is 14.8. The molecule has 1 saturated heterocycles. The maximum Gasteiger partial charge on any atom is 0.414 e. The van der Waals surface area contributed by atoms with Crippen LogP contribution in [0.25, 0.3) is 0 Å². The number of aliphatic carboxylic acids is 2. The minimum absolute atomic E-state index is 0.309. The van der Waals surface area contributed by atoms with Crippen LogP contribution in [0.3, 0.4) is 0 Å². The van der Waals surface area contributed by atoms with Gasteiger partial charge < -0.3 is 14.9 Å². The van der Waals surface area contributed by atoms with Crippen LogP contribution in [0.5, 0.6) is 5.75 Å². The van der Waals surface area contributed by atoms with Crippen molar-refractivity contribution in [1.82, 2.24) is 14.2 Å². The molecule has 2 aromatic rings. The molecule has 0 bridgehead atoms. The van der Waals surface area contributed by atoms with Gasteiger partial charge in [-0.3, -0.25) is 9.88 Å². The number of pyridine rings is 1. The van der Waals surface area contributed by atoms with Crippen LogP contribution in [-0.4, -0.2) is 78.0 Å². The fourth-order valence-electron chi connectivity index (χ4n) is 2.77. The Morgan fingerprint density at radius 1 is 1.03 bits per heavy atom. The monoisotopic (exact) mass is 437 g/mol. The number of nitrogens with zero attached hydrogens (tertiary/aromatic N) is 3. The van der Waals surface area contributed by atoms with E-state index in [1.54, 1.807) is 41.9 Å². The fraction of sp³-hybridized carbons (Fsp3) is 0.316. The summed E-state index contributed by atoms with van der Waals surface area (Å²) in [6, 6.07) is 10.5. The number of piperazine rings is 1. The number of hydrogen-bond acceptors (Lipinski definition) is 7. The Morgan fingerprint density at radius 3 is 2.10 bits per heavy atom. The van der Waals surface area contributed by atoms with Gasteiger partial charge >= 0.3 is 11.9 Å². The van der Waals surface area contributed by atoms with Gasteiger partial charge in [0.05, 0.1) is 12.0 Å². The molecule has 1 aromatic carbocycles. The Hall–Kier alpha value is -3.02. The van der Waals surface area contributed by atoms with Crippen molar-refractivity contribution >= 4 is 22.0 Å². The molecule has 2 heterocycles. The first-order valence-electron chi connectivity index (χ1n) is 8.95. The van der Waals surface area contributed by atoms with Crippen LogP contribution in [0.4, 0.5) is 0 Å². The van der Waals surface area contributed by atoms with Crippen molar-refractivity contribution in [1.29, 1.82) is 0 Å². The third kappa shape index (κ3) is 6.51. The number of rotatable bonds is 5. The Balaban J connectivity index is 0.000000469. The van der Waals surface area contributed by atoms with Gasteiger partial charge in [0.25, 0.3) is 0 Å². The smallest absolute Gasteiger partial charge is 0.414 e. The molecule has 0 spiro atoms. The summed E-state index contributed by atoms with van der Waals surface area (Å²) in [5.74, 6) is -3.00. The highest BCUT2D eigenvalue weighted by Crippen LogP contribution is 2.21. The molecule has 0 amide bonds. The Kier molecular flexibility index (Phi) is 8.27. The molecule has 11 heteroatoms. The minimum Gasteiger partial charge on any atom is -0.497 e. The van der Waals surface area contributed by atoms with E-state index in [9.17, 15) is 8.42 Å². The van der Waals surface area contributed by atoms with E-state index in [1.807, 2.05) is 18.3 Å². The van der Waals surface area contributed by atoms with E-state index in [2.05, 4.69) is 9.88 Å². The summed E-state index contributed by atoms with van der Waals surface area (Å²) in [6.07, 6.45) is 3.60. The van der Waals surface area contributed by atoms with E-state index in [1.165, 1.54) is 0 Å². The SMILES string of the molecule is COc1ccc(S(=O)(=O)N2CCN(Cc3cccnc3)CC2)cc1.O=C(O)C(=O)O. The molecule has 2 N–H and O–H groups in total. The molecule has 1 aromatic heterocycles. The topological polar surface area (TPSA) is 137 Å². The second kappa shape index (κ2) is 10.7. The van der Waals surface area contributed by atoms with Crippen LogP contribution in [-0.2, 0) is 26.2 Å². The summed E-state index contributed by atoms with van der Waals surface area (Å²) in [6.45, 7) is 3.21. The molecule has 1 aliphatic rings. The highest BCUT2D eigenvalue weighted by Gasteiger charge is 2.28. The Bertz CT molecular complexity index is 930. The number of ether oxygens (including phenoxy) is 1. The van der Waals surface area contributed by atoms with Gasteiger partial charge in [-0.25, -0.2) is 18.0 Å². The molecule has 0 radical (unpaired) electrons. The predicted octanol–water partition coefficient (Wildman–Crippen LogP) is 0.752. The molecule has 0 atom stereocenters. The molecule has 30 heavy (non-hydrogen) atoms. The molecular weight excluding hydrogens is 414 g/mol. The fourth-order valence-corrected chi connectivity index (χ4v) is 4.20. The summed E-state index contributed by atoms with van der Waals surface area (Å²) >= 11 is 0. The average Bonchev–Trinajstić information content (AvgIpc) is 2.75. The largest absolute Gasteiger partial charge is 0.497 e. The van der Waals surface area contributed by atoms with Crippen molar-refractivity contribution < 1.29 is 33.0 Å². The minimum atomic E-state index is -3.44. The van der Waals surface area contributed by atoms with E-state index in [-0.39, 0.29) is 0 Å². The van der Waals surface area contributed by atoms with E-state index < -0.39 is 22.0 Å². The standard InChI is InChI=1S/C17H21N3O3S.C2H2O4/c1-23-16-4-6-17(7-5-16)24(21,22)20-11-9-19(10-12-20)14-15-3-2-8-18-13-15;3-1(4)2(5)6/h2-8,13H,9-12,14H2,1H3;(H,3,4)(H,5,6). The molecule has 0 unspecified atom stereocenters. The van der Waals surface area contributed by atoms with Crippen molar-refractivity contribution in [2.45, 2.75) is 11.4 Å². The number of aromatic nitrogens is 1. The van der Waals surface area contributed by atoms with Crippen LogP contribution in [0, 0.1) is 0 Å². The molecule has 10 nitrogen and oxygen atoms in total. The summed E-state index contributed by atoms with van der Waals surface area (Å²) in [7, 11) is -1.88. The number of hydrogen-bond donors (Lipinski definition) is 2.